The zero-order valence-corrected chi connectivity index (χ0v) is 13.9. The summed E-state index contributed by atoms with van der Waals surface area (Å²) in [4.78, 5) is 15.1. The van der Waals surface area contributed by atoms with E-state index in [1.165, 1.54) is 41.3 Å². The van der Waals surface area contributed by atoms with E-state index in [9.17, 15) is 9.18 Å². The summed E-state index contributed by atoms with van der Waals surface area (Å²) in [6, 6.07) is 10.4. The van der Waals surface area contributed by atoms with Gasteiger partial charge in [0.1, 0.15) is 12.4 Å². The predicted octanol–water partition coefficient (Wildman–Crippen LogP) is 3.71. The highest BCUT2D eigenvalue weighted by Crippen LogP contribution is 2.17. The monoisotopic (exact) mass is 343 g/mol. The van der Waals surface area contributed by atoms with Crippen molar-refractivity contribution in [2.24, 2.45) is 0 Å². The zero-order valence-electron chi connectivity index (χ0n) is 13.9. The van der Waals surface area contributed by atoms with E-state index in [4.69, 9.17) is 9.84 Å². The number of carboxylic acids is 1. The number of halogens is 1. The number of carboxylic acid groups (broad SMARTS) is 1. The van der Waals surface area contributed by atoms with Gasteiger partial charge in [0.15, 0.2) is 5.82 Å². The molecule has 7 heteroatoms. The minimum absolute atomic E-state index is 0.106. The SMILES string of the molecule is CC.O=C(O)c1ccnc(-n2nccc2OCc2ccc(F)cc2)c1. The number of hydrogen-bond donors (Lipinski definition) is 1. The molecule has 0 unspecified atom stereocenters. The number of nitrogens with zero attached hydrogens (tertiary/aromatic N) is 3. The Bertz CT molecular complexity index is 832. The zero-order chi connectivity index (χ0) is 18.2. The lowest BCUT2D eigenvalue weighted by Gasteiger charge is -2.09. The Morgan fingerprint density at radius 3 is 2.56 bits per heavy atom. The van der Waals surface area contributed by atoms with Crippen molar-refractivity contribution in [1.29, 1.82) is 0 Å². The second-order valence-corrected chi connectivity index (χ2v) is 4.70. The van der Waals surface area contributed by atoms with Crippen LogP contribution in [0.4, 0.5) is 4.39 Å². The number of aromatic nitrogens is 3. The molecule has 0 saturated carbocycles. The molecular formula is C18H18FN3O3. The van der Waals surface area contributed by atoms with E-state index in [-0.39, 0.29) is 18.0 Å². The van der Waals surface area contributed by atoms with Crippen molar-refractivity contribution in [2.75, 3.05) is 0 Å². The molecule has 0 radical (unpaired) electrons. The van der Waals surface area contributed by atoms with Crippen molar-refractivity contribution < 1.29 is 19.0 Å². The number of rotatable bonds is 5. The van der Waals surface area contributed by atoms with Crippen LogP contribution in [0, 0.1) is 5.82 Å². The van der Waals surface area contributed by atoms with Gasteiger partial charge in [0.2, 0.25) is 5.88 Å². The summed E-state index contributed by atoms with van der Waals surface area (Å²) in [5, 5.41) is 13.1. The molecule has 0 aliphatic carbocycles. The number of hydrogen-bond acceptors (Lipinski definition) is 4. The molecule has 0 aliphatic rings. The topological polar surface area (TPSA) is 77.2 Å². The molecule has 0 fully saturated rings. The molecule has 2 aromatic heterocycles. The molecule has 1 aromatic carbocycles. The average Bonchev–Trinajstić information content (AvgIpc) is 3.12. The fourth-order valence-electron chi connectivity index (χ4n) is 1.98. The largest absolute Gasteiger partial charge is 0.478 e. The van der Waals surface area contributed by atoms with Crippen LogP contribution in [0.5, 0.6) is 5.88 Å². The first-order chi connectivity index (χ1) is 12.1. The number of carbonyl (C=O) groups is 1. The fraction of sp³-hybridized carbons (Fsp3) is 0.167. The quantitative estimate of drug-likeness (QED) is 0.764. The van der Waals surface area contributed by atoms with Crippen LogP contribution >= 0.6 is 0 Å². The molecule has 25 heavy (non-hydrogen) atoms. The predicted molar refractivity (Wildman–Crippen MR) is 90.4 cm³/mol. The minimum atomic E-state index is -1.05. The molecule has 0 aliphatic heterocycles. The Labute approximate surface area is 144 Å². The maximum absolute atomic E-state index is 12.9. The van der Waals surface area contributed by atoms with E-state index >= 15 is 0 Å². The van der Waals surface area contributed by atoms with Crippen molar-refractivity contribution in [3.8, 4) is 11.7 Å². The Morgan fingerprint density at radius 2 is 1.88 bits per heavy atom. The van der Waals surface area contributed by atoms with Gasteiger partial charge in [-0.15, -0.1) is 0 Å². The molecule has 6 nitrogen and oxygen atoms in total. The van der Waals surface area contributed by atoms with E-state index < -0.39 is 5.97 Å². The molecule has 0 bridgehead atoms. The molecule has 3 rings (SSSR count). The third kappa shape index (κ3) is 4.63. The van der Waals surface area contributed by atoms with Crippen LogP contribution < -0.4 is 4.74 Å². The molecule has 1 N–H and O–H groups in total. The van der Waals surface area contributed by atoms with Crippen LogP contribution in [0.3, 0.4) is 0 Å². The highest BCUT2D eigenvalue weighted by molar-refractivity contribution is 5.87. The maximum atomic E-state index is 12.9. The van der Waals surface area contributed by atoms with Gasteiger partial charge in [-0.1, -0.05) is 26.0 Å². The van der Waals surface area contributed by atoms with Gasteiger partial charge in [0.25, 0.3) is 0 Å². The van der Waals surface area contributed by atoms with Gasteiger partial charge >= 0.3 is 5.97 Å². The van der Waals surface area contributed by atoms with Crippen molar-refractivity contribution in [3.63, 3.8) is 0 Å². The Kier molecular flexibility index (Phi) is 6.22. The molecule has 0 saturated heterocycles. The average molecular weight is 343 g/mol. The molecule has 0 atom stereocenters. The number of benzene rings is 1. The van der Waals surface area contributed by atoms with Gasteiger partial charge in [-0.3, -0.25) is 0 Å². The van der Waals surface area contributed by atoms with Crippen LogP contribution in [0.15, 0.2) is 54.9 Å². The summed E-state index contributed by atoms with van der Waals surface area (Å²) in [7, 11) is 0. The highest BCUT2D eigenvalue weighted by Gasteiger charge is 2.10. The lowest BCUT2D eigenvalue weighted by atomic mass is 10.2. The van der Waals surface area contributed by atoms with Crippen LogP contribution in [0.2, 0.25) is 0 Å². The fourth-order valence-corrected chi connectivity index (χ4v) is 1.98. The van der Waals surface area contributed by atoms with Crippen molar-refractivity contribution in [1.82, 2.24) is 14.8 Å². The van der Waals surface area contributed by atoms with E-state index in [0.29, 0.717) is 11.7 Å². The number of ether oxygens (including phenoxy) is 1. The van der Waals surface area contributed by atoms with Crippen LogP contribution in [-0.2, 0) is 6.61 Å². The summed E-state index contributed by atoms with van der Waals surface area (Å²) >= 11 is 0. The van der Waals surface area contributed by atoms with Crippen LogP contribution in [0.25, 0.3) is 5.82 Å². The standard InChI is InChI=1S/C16H12FN3O3.C2H6/c17-13-3-1-11(2-4-13)10-23-15-6-8-19-20(15)14-9-12(16(21)22)5-7-18-14;1-2/h1-9H,10H2,(H,21,22);1-2H3. The first-order valence-electron chi connectivity index (χ1n) is 7.74. The van der Waals surface area contributed by atoms with E-state index in [2.05, 4.69) is 10.1 Å². The van der Waals surface area contributed by atoms with Crippen LogP contribution in [0.1, 0.15) is 29.8 Å². The van der Waals surface area contributed by atoms with Gasteiger partial charge in [-0.2, -0.15) is 9.78 Å². The maximum Gasteiger partial charge on any atom is 0.335 e. The van der Waals surface area contributed by atoms with Gasteiger partial charge in [0, 0.05) is 12.3 Å². The molecule has 3 aromatic rings. The summed E-state index contributed by atoms with van der Waals surface area (Å²) in [5.41, 5.74) is 0.904. The molecule has 0 spiro atoms. The summed E-state index contributed by atoms with van der Waals surface area (Å²) in [6.45, 7) is 4.23. The van der Waals surface area contributed by atoms with Crippen molar-refractivity contribution in [3.05, 3.63) is 71.8 Å². The Balaban J connectivity index is 0.00000109. The lowest BCUT2D eigenvalue weighted by Crippen LogP contribution is -2.06. The van der Waals surface area contributed by atoms with Gasteiger partial charge < -0.3 is 9.84 Å². The van der Waals surface area contributed by atoms with E-state index in [1.54, 1.807) is 18.2 Å². The molecule has 2 heterocycles. The number of pyridine rings is 1. The Morgan fingerprint density at radius 1 is 1.16 bits per heavy atom. The highest BCUT2D eigenvalue weighted by atomic mass is 19.1. The van der Waals surface area contributed by atoms with Crippen molar-refractivity contribution >= 4 is 5.97 Å². The molecular weight excluding hydrogens is 325 g/mol. The summed E-state index contributed by atoms with van der Waals surface area (Å²) in [5.74, 6) is -0.614. The van der Waals surface area contributed by atoms with Crippen LogP contribution in [-0.4, -0.2) is 25.8 Å². The third-order valence-electron chi connectivity index (χ3n) is 3.12. The van der Waals surface area contributed by atoms with Crippen molar-refractivity contribution in [2.45, 2.75) is 20.5 Å². The first-order valence-corrected chi connectivity index (χ1v) is 7.74. The molecule has 130 valence electrons. The number of aromatic carboxylic acids is 1. The normalized spacial score (nSPS) is 9.88. The summed E-state index contributed by atoms with van der Waals surface area (Å²) in [6.07, 6.45) is 2.92. The van der Waals surface area contributed by atoms with E-state index in [1.807, 2.05) is 13.8 Å². The smallest absolute Gasteiger partial charge is 0.335 e. The second-order valence-electron chi connectivity index (χ2n) is 4.70. The third-order valence-corrected chi connectivity index (χ3v) is 3.12. The van der Waals surface area contributed by atoms with E-state index in [0.717, 1.165) is 5.56 Å². The van der Waals surface area contributed by atoms with Gasteiger partial charge in [0.05, 0.1) is 11.8 Å². The van der Waals surface area contributed by atoms with Gasteiger partial charge in [-0.25, -0.2) is 14.2 Å². The molecule has 0 amide bonds. The first kappa shape index (κ1) is 18.1. The Hall–Kier alpha value is -3.22. The lowest BCUT2D eigenvalue weighted by molar-refractivity contribution is 0.0696. The minimum Gasteiger partial charge on any atom is -0.478 e. The van der Waals surface area contributed by atoms with Gasteiger partial charge in [-0.05, 0) is 29.8 Å². The second kappa shape index (κ2) is 8.58. The summed E-state index contributed by atoms with van der Waals surface area (Å²) < 4.78 is 19.9.